The number of benzene rings is 1. The lowest BCUT2D eigenvalue weighted by molar-refractivity contribution is -0.135. The third-order valence-corrected chi connectivity index (χ3v) is 6.18. The van der Waals surface area contributed by atoms with Crippen LogP contribution in [-0.2, 0) is 11.3 Å². The predicted molar refractivity (Wildman–Crippen MR) is 117 cm³/mol. The maximum atomic E-state index is 12.9. The summed E-state index contributed by atoms with van der Waals surface area (Å²) < 4.78 is 7.66. The number of carbonyl (C=O) groups is 1. The minimum absolute atomic E-state index is 0.0410. The van der Waals surface area contributed by atoms with Gasteiger partial charge in [0.05, 0.1) is 12.3 Å². The van der Waals surface area contributed by atoms with Gasteiger partial charge in [0.2, 0.25) is 5.91 Å². The molecule has 2 unspecified atom stereocenters. The van der Waals surface area contributed by atoms with Crippen molar-refractivity contribution < 1.29 is 9.21 Å². The van der Waals surface area contributed by atoms with Crippen molar-refractivity contribution >= 4 is 5.91 Å². The molecular weight excluding hydrogens is 392 g/mol. The van der Waals surface area contributed by atoms with Crippen LogP contribution in [-0.4, -0.2) is 64.0 Å². The van der Waals surface area contributed by atoms with Crippen LogP contribution in [0.15, 0.2) is 65.5 Å². The van der Waals surface area contributed by atoms with Crippen molar-refractivity contribution in [2.75, 3.05) is 32.7 Å². The molecule has 0 aliphatic carbocycles. The summed E-state index contributed by atoms with van der Waals surface area (Å²) in [6.07, 6.45) is 6.27. The Labute approximate surface area is 181 Å². The molecule has 0 spiro atoms. The van der Waals surface area contributed by atoms with E-state index in [4.69, 9.17) is 4.42 Å². The van der Waals surface area contributed by atoms with Crippen LogP contribution in [0.25, 0.3) is 11.4 Å². The number of nitrogens with one attached hydrogen (secondary N) is 2. The Hall–Kier alpha value is -2.94. The Morgan fingerprint density at radius 2 is 1.87 bits per heavy atom. The number of amides is 1. The topological polar surface area (TPSA) is 78.6 Å². The van der Waals surface area contributed by atoms with E-state index in [0.717, 1.165) is 56.4 Å². The summed E-state index contributed by atoms with van der Waals surface area (Å²) in [5, 5.41) is 0. The van der Waals surface area contributed by atoms with E-state index in [1.807, 2.05) is 47.6 Å². The monoisotopic (exact) mass is 420 g/mol. The maximum absolute atomic E-state index is 12.9. The molecule has 2 aliphatic heterocycles. The lowest BCUT2D eigenvalue weighted by atomic mass is 10.1. The molecule has 5 rings (SSSR count). The Kier molecular flexibility index (Phi) is 5.84. The quantitative estimate of drug-likeness (QED) is 0.634. The van der Waals surface area contributed by atoms with Gasteiger partial charge in [-0.3, -0.25) is 9.69 Å². The van der Waals surface area contributed by atoms with Crippen LogP contribution >= 0.6 is 0 Å². The summed E-state index contributed by atoms with van der Waals surface area (Å²) in [5.74, 6) is 2.03. The molecule has 4 heterocycles. The van der Waals surface area contributed by atoms with E-state index in [1.54, 1.807) is 6.26 Å². The summed E-state index contributed by atoms with van der Waals surface area (Å²) in [6.45, 7) is 5.14. The summed E-state index contributed by atoms with van der Waals surface area (Å²) in [4.78, 5) is 21.9. The zero-order valence-electron chi connectivity index (χ0n) is 17.5. The Morgan fingerprint density at radius 3 is 2.65 bits per heavy atom. The highest BCUT2D eigenvalue weighted by Crippen LogP contribution is 2.23. The van der Waals surface area contributed by atoms with Crippen LogP contribution < -0.4 is 10.9 Å². The maximum Gasteiger partial charge on any atom is 0.241 e. The first kappa shape index (κ1) is 20.0. The molecule has 2 aromatic heterocycles. The molecule has 0 saturated carbocycles. The van der Waals surface area contributed by atoms with Gasteiger partial charge in [0.15, 0.2) is 0 Å². The Balaban J connectivity index is 1.10. The molecule has 2 fully saturated rings. The van der Waals surface area contributed by atoms with Gasteiger partial charge in [0.25, 0.3) is 0 Å². The van der Waals surface area contributed by atoms with Gasteiger partial charge in [-0.1, -0.05) is 30.3 Å². The van der Waals surface area contributed by atoms with Gasteiger partial charge in [-0.25, -0.2) is 15.8 Å². The largest absolute Gasteiger partial charge is 0.468 e. The van der Waals surface area contributed by atoms with Crippen molar-refractivity contribution in [3.63, 3.8) is 0 Å². The zero-order valence-corrected chi connectivity index (χ0v) is 17.5. The number of aromatic nitrogens is 2. The van der Waals surface area contributed by atoms with E-state index in [9.17, 15) is 4.79 Å². The van der Waals surface area contributed by atoms with Gasteiger partial charge >= 0.3 is 0 Å². The molecular formula is C23H28N6O2. The Morgan fingerprint density at radius 1 is 1.03 bits per heavy atom. The molecule has 8 nitrogen and oxygen atoms in total. The minimum Gasteiger partial charge on any atom is -0.468 e. The van der Waals surface area contributed by atoms with E-state index >= 15 is 0 Å². The van der Waals surface area contributed by atoms with E-state index in [0.29, 0.717) is 6.42 Å². The average molecular weight is 421 g/mol. The lowest BCUT2D eigenvalue weighted by Gasteiger charge is -2.36. The van der Waals surface area contributed by atoms with Crippen LogP contribution in [0.2, 0.25) is 0 Å². The van der Waals surface area contributed by atoms with Crippen molar-refractivity contribution in [1.29, 1.82) is 0 Å². The number of rotatable bonds is 6. The van der Waals surface area contributed by atoms with Crippen molar-refractivity contribution in [3.05, 3.63) is 66.9 Å². The van der Waals surface area contributed by atoms with Crippen molar-refractivity contribution in [2.45, 2.75) is 25.0 Å². The first-order valence-corrected chi connectivity index (χ1v) is 10.9. The molecule has 2 saturated heterocycles. The number of hydrogen-bond donors (Lipinski definition) is 2. The Bertz CT molecular complexity index is 979. The van der Waals surface area contributed by atoms with Crippen molar-refractivity contribution in [2.24, 2.45) is 0 Å². The predicted octanol–water partition coefficient (Wildman–Crippen LogP) is 1.90. The summed E-state index contributed by atoms with van der Waals surface area (Å²) in [6, 6.07) is 13.9. The normalized spacial score (nSPS) is 22.1. The van der Waals surface area contributed by atoms with Crippen molar-refractivity contribution in [3.8, 4) is 11.4 Å². The third kappa shape index (κ3) is 4.41. The molecule has 31 heavy (non-hydrogen) atoms. The molecule has 162 valence electrons. The first-order chi connectivity index (χ1) is 15.3. The second-order valence-corrected chi connectivity index (χ2v) is 8.12. The first-order valence-electron chi connectivity index (χ1n) is 10.9. The number of hydrazine groups is 1. The second-order valence-electron chi connectivity index (χ2n) is 8.12. The number of imidazole rings is 1. The van der Waals surface area contributed by atoms with Gasteiger partial charge in [-0.2, -0.15) is 0 Å². The standard InChI is InChI=1S/C23H28N6O2/c30-23(20-17-19(25-26-20)21-7-4-16-31-21)29-14-11-27(12-15-29)10-13-28-9-8-24-22(28)18-5-2-1-3-6-18/h1-9,16,19-20,25-26H,10-15,17H2. The fourth-order valence-corrected chi connectivity index (χ4v) is 4.39. The number of furan rings is 1. The van der Waals surface area contributed by atoms with Gasteiger partial charge in [0, 0.05) is 57.2 Å². The molecule has 1 aromatic carbocycles. The van der Waals surface area contributed by atoms with Crippen LogP contribution in [0.4, 0.5) is 0 Å². The van der Waals surface area contributed by atoms with Crippen LogP contribution in [0.3, 0.4) is 0 Å². The van der Waals surface area contributed by atoms with Gasteiger partial charge < -0.3 is 13.9 Å². The fourth-order valence-electron chi connectivity index (χ4n) is 4.39. The summed E-state index contributed by atoms with van der Waals surface area (Å²) in [5.41, 5.74) is 7.46. The average Bonchev–Trinajstić information content (AvgIpc) is 3.59. The molecule has 2 aliphatic rings. The lowest BCUT2D eigenvalue weighted by Crippen LogP contribution is -2.54. The smallest absolute Gasteiger partial charge is 0.241 e. The highest BCUT2D eigenvalue weighted by Gasteiger charge is 2.35. The molecule has 8 heteroatoms. The van der Waals surface area contributed by atoms with Crippen molar-refractivity contribution in [1.82, 2.24) is 30.2 Å². The fraction of sp³-hybridized carbons (Fsp3) is 0.391. The van der Waals surface area contributed by atoms with E-state index in [-0.39, 0.29) is 18.0 Å². The molecule has 2 N–H and O–H groups in total. The highest BCUT2D eigenvalue weighted by atomic mass is 16.3. The van der Waals surface area contributed by atoms with Crippen LogP contribution in [0.5, 0.6) is 0 Å². The number of carbonyl (C=O) groups excluding carboxylic acids is 1. The van der Waals surface area contributed by atoms with Gasteiger partial charge in [-0.05, 0) is 18.6 Å². The van der Waals surface area contributed by atoms with Crippen LogP contribution in [0.1, 0.15) is 18.2 Å². The number of hydrogen-bond acceptors (Lipinski definition) is 6. The molecule has 2 atom stereocenters. The number of piperazine rings is 1. The summed E-state index contributed by atoms with van der Waals surface area (Å²) >= 11 is 0. The highest BCUT2D eigenvalue weighted by molar-refractivity contribution is 5.82. The van der Waals surface area contributed by atoms with Gasteiger partial charge in [0.1, 0.15) is 17.6 Å². The second kappa shape index (κ2) is 9.05. The third-order valence-electron chi connectivity index (χ3n) is 6.18. The van der Waals surface area contributed by atoms with E-state index in [1.165, 1.54) is 0 Å². The van der Waals surface area contributed by atoms with Crippen LogP contribution in [0, 0.1) is 0 Å². The molecule has 1 amide bonds. The van der Waals surface area contributed by atoms with E-state index in [2.05, 4.69) is 37.4 Å². The molecule has 0 bridgehead atoms. The number of nitrogens with zero attached hydrogens (tertiary/aromatic N) is 4. The zero-order chi connectivity index (χ0) is 21.0. The molecule has 0 radical (unpaired) electrons. The van der Waals surface area contributed by atoms with E-state index < -0.39 is 0 Å². The minimum atomic E-state index is -0.207. The summed E-state index contributed by atoms with van der Waals surface area (Å²) in [7, 11) is 0. The SMILES string of the molecule is O=C(C1CC(c2ccco2)NN1)N1CCN(CCn2ccnc2-c2ccccc2)CC1. The van der Waals surface area contributed by atoms with Gasteiger partial charge in [-0.15, -0.1) is 0 Å². The molecule has 3 aromatic rings.